The molecule has 0 fully saturated rings. The fourth-order valence-electron chi connectivity index (χ4n) is 1.85. The lowest BCUT2D eigenvalue weighted by Gasteiger charge is -2.26. The average molecular weight is 345 g/mol. The molecule has 0 aliphatic rings. The molecular weight excluding hydrogens is 324 g/mol. The minimum atomic E-state index is -4.93. The minimum absolute atomic E-state index is 0.300. The van der Waals surface area contributed by atoms with Gasteiger partial charge in [-0.15, -0.1) is 0 Å². The van der Waals surface area contributed by atoms with Gasteiger partial charge in [0.15, 0.2) is 31.9 Å². The van der Waals surface area contributed by atoms with E-state index in [2.05, 4.69) is 18.8 Å². The Kier molecular flexibility index (Phi) is 6.99. The van der Waals surface area contributed by atoms with Gasteiger partial charge in [-0.2, -0.15) is 0 Å². The first-order chi connectivity index (χ1) is 10.1. The Labute approximate surface area is 130 Å². The molecule has 2 N–H and O–H groups in total. The van der Waals surface area contributed by atoms with Crippen molar-refractivity contribution in [3.8, 4) is 11.8 Å². The lowest BCUT2D eigenvalue weighted by Crippen LogP contribution is -2.40. The molecule has 0 spiro atoms. The lowest BCUT2D eigenvalue weighted by molar-refractivity contribution is -0.694. The standard InChI is InChI=1S/C14H21NO5P2/c1-3-4-5-6-8-13-9-7-10-15(11-13)12-14(21(2,16)17)22(18,19)20/h7,9-11,14H,3-5,12H2,1-2H3,(H2-,16,17,18,19,20). The van der Waals surface area contributed by atoms with Gasteiger partial charge in [-0.3, -0.25) is 4.57 Å². The van der Waals surface area contributed by atoms with Gasteiger partial charge in [0, 0.05) is 19.2 Å². The molecule has 1 rings (SSSR count). The number of rotatable bonds is 6. The predicted octanol–water partition coefficient (Wildman–Crippen LogP) is 1.29. The first kappa shape index (κ1) is 19.1. The Hall–Kier alpha value is -0.950. The monoisotopic (exact) mass is 345 g/mol. The van der Waals surface area contributed by atoms with Crippen LogP contribution in [0.1, 0.15) is 31.7 Å². The van der Waals surface area contributed by atoms with Crippen LogP contribution in [0.25, 0.3) is 0 Å². The van der Waals surface area contributed by atoms with Crippen molar-refractivity contribution in [3.63, 3.8) is 0 Å². The molecule has 1 heterocycles. The topological polar surface area (TPSA) is 102 Å². The molecule has 22 heavy (non-hydrogen) atoms. The van der Waals surface area contributed by atoms with E-state index >= 15 is 0 Å². The van der Waals surface area contributed by atoms with Crippen LogP contribution in [0.5, 0.6) is 0 Å². The van der Waals surface area contributed by atoms with Gasteiger partial charge in [0.1, 0.15) is 0 Å². The molecule has 1 aromatic heterocycles. The van der Waals surface area contributed by atoms with Gasteiger partial charge in [0.05, 0.1) is 5.56 Å². The summed E-state index contributed by atoms with van der Waals surface area (Å²) in [6, 6.07) is 3.44. The van der Waals surface area contributed by atoms with E-state index in [9.17, 15) is 23.8 Å². The van der Waals surface area contributed by atoms with E-state index in [0.29, 0.717) is 5.56 Å². The summed E-state index contributed by atoms with van der Waals surface area (Å²) in [5, 5.41) is -1.73. The highest BCUT2D eigenvalue weighted by atomic mass is 31.2. The summed E-state index contributed by atoms with van der Waals surface area (Å²) in [4.78, 5) is 30.0. The van der Waals surface area contributed by atoms with Crippen molar-refractivity contribution < 1.29 is 28.4 Å². The second kappa shape index (κ2) is 8.06. The summed E-state index contributed by atoms with van der Waals surface area (Å²) in [6.07, 6.45) is 6.01. The molecule has 0 aromatic carbocycles. The van der Waals surface area contributed by atoms with Gasteiger partial charge in [-0.05, 0) is 12.5 Å². The van der Waals surface area contributed by atoms with Crippen LogP contribution in [-0.2, 0) is 15.7 Å². The van der Waals surface area contributed by atoms with Crippen LogP contribution in [0, 0.1) is 11.8 Å². The summed E-state index contributed by atoms with van der Waals surface area (Å²) in [5.74, 6) is 5.97. The molecule has 0 radical (unpaired) electrons. The highest BCUT2D eigenvalue weighted by Gasteiger charge is 2.37. The summed E-state index contributed by atoms with van der Waals surface area (Å²) >= 11 is 0. The molecule has 0 saturated carbocycles. The van der Waals surface area contributed by atoms with Gasteiger partial charge >= 0.3 is 0 Å². The van der Waals surface area contributed by atoms with Crippen LogP contribution < -0.4 is 9.46 Å². The molecule has 0 saturated heterocycles. The van der Waals surface area contributed by atoms with E-state index in [1.165, 1.54) is 4.57 Å². The molecular formula is C14H21NO5P2. The minimum Gasteiger partial charge on any atom is -0.778 e. The Morgan fingerprint density at radius 1 is 1.41 bits per heavy atom. The third-order valence-electron chi connectivity index (χ3n) is 3.05. The number of nitrogens with zero attached hydrogens (tertiary/aromatic N) is 1. The maximum absolute atomic E-state index is 11.7. The zero-order valence-corrected chi connectivity index (χ0v) is 14.5. The van der Waals surface area contributed by atoms with Crippen molar-refractivity contribution in [3.05, 3.63) is 30.1 Å². The van der Waals surface area contributed by atoms with Crippen LogP contribution in [0.4, 0.5) is 0 Å². The summed E-state index contributed by atoms with van der Waals surface area (Å²) in [7, 11) is -8.92. The van der Waals surface area contributed by atoms with Crippen LogP contribution in [0.15, 0.2) is 24.5 Å². The van der Waals surface area contributed by atoms with E-state index in [0.717, 1.165) is 25.9 Å². The SMILES string of the molecule is CCCCC#Cc1ccc[n+](CC(P(C)(=O)O)P(=O)([O-])O)c1. The fraction of sp³-hybridized carbons (Fsp3) is 0.500. The number of hydrogen-bond acceptors (Lipinski definition) is 3. The van der Waals surface area contributed by atoms with Gasteiger partial charge in [-0.1, -0.05) is 25.2 Å². The van der Waals surface area contributed by atoms with Gasteiger partial charge in [-0.25, -0.2) is 4.57 Å². The molecule has 6 nitrogen and oxygen atoms in total. The summed E-state index contributed by atoms with van der Waals surface area (Å²) < 4.78 is 24.4. The third-order valence-corrected chi connectivity index (χ3v) is 7.40. The molecule has 0 aliphatic carbocycles. The number of pyridine rings is 1. The van der Waals surface area contributed by atoms with Gasteiger partial charge in [0.2, 0.25) is 7.37 Å². The van der Waals surface area contributed by atoms with Crippen LogP contribution in [0.3, 0.4) is 0 Å². The maximum Gasteiger partial charge on any atom is 0.215 e. The Morgan fingerprint density at radius 2 is 2.09 bits per heavy atom. The zero-order chi connectivity index (χ0) is 16.8. The number of unbranched alkanes of at least 4 members (excludes halogenated alkanes) is 2. The van der Waals surface area contributed by atoms with E-state index in [4.69, 9.17) is 0 Å². The van der Waals surface area contributed by atoms with E-state index in [-0.39, 0.29) is 6.54 Å². The van der Waals surface area contributed by atoms with E-state index in [1.807, 2.05) is 0 Å². The van der Waals surface area contributed by atoms with Crippen LogP contribution >= 0.6 is 15.0 Å². The molecule has 0 amide bonds. The smallest absolute Gasteiger partial charge is 0.215 e. The fourth-order valence-corrected chi connectivity index (χ4v) is 4.91. The highest BCUT2D eigenvalue weighted by molar-refractivity contribution is 7.72. The second-order valence-electron chi connectivity index (χ2n) is 5.18. The third kappa shape index (κ3) is 6.44. The predicted molar refractivity (Wildman–Crippen MR) is 82.4 cm³/mol. The molecule has 3 atom stereocenters. The van der Waals surface area contributed by atoms with Crippen molar-refractivity contribution in [2.24, 2.45) is 0 Å². The summed E-state index contributed by atoms with van der Waals surface area (Å²) in [5.41, 5.74) is 0.680. The molecule has 1 aromatic rings. The molecule has 8 heteroatoms. The first-order valence-corrected chi connectivity index (χ1v) is 10.8. The number of aromatic nitrogens is 1. The second-order valence-corrected chi connectivity index (χ2v) is 9.85. The lowest BCUT2D eigenvalue weighted by atomic mass is 10.2. The Bertz CT molecular complexity index is 631. The molecule has 0 bridgehead atoms. The molecule has 3 unspecified atom stereocenters. The Balaban J connectivity index is 2.95. The van der Waals surface area contributed by atoms with Crippen molar-refractivity contribution >= 4 is 15.0 Å². The number of hydrogen-bond donors (Lipinski definition) is 2. The largest absolute Gasteiger partial charge is 0.778 e. The molecule has 0 aliphatic heterocycles. The first-order valence-electron chi connectivity index (χ1n) is 6.96. The van der Waals surface area contributed by atoms with E-state index < -0.39 is 20.4 Å². The molecule has 122 valence electrons. The summed E-state index contributed by atoms with van der Waals surface area (Å²) in [6.45, 7) is 2.70. The quantitative estimate of drug-likeness (QED) is 0.350. The van der Waals surface area contributed by atoms with Crippen molar-refractivity contribution in [2.45, 2.75) is 38.1 Å². The van der Waals surface area contributed by atoms with Crippen molar-refractivity contribution in [2.75, 3.05) is 6.66 Å². The normalized spacial score (nSPS) is 17.7. The zero-order valence-electron chi connectivity index (χ0n) is 12.7. The average Bonchev–Trinajstić information content (AvgIpc) is 2.39. The van der Waals surface area contributed by atoms with Crippen molar-refractivity contribution in [1.29, 1.82) is 0 Å². The van der Waals surface area contributed by atoms with E-state index in [1.54, 1.807) is 24.5 Å². The maximum atomic E-state index is 11.7. The van der Waals surface area contributed by atoms with Crippen molar-refractivity contribution in [1.82, 2.24) is 0 Å². The highest BCUT2D eigenvalue weighted by Crippen LogP contribution is 2.57. The van der Waals surface area contributed by atoms with Gasteiger partial charge in [0.25, 0.3) is 0 Å². The van der Waals surface area contributed by atoms with Crippen LogP contribution in [-0.4, -0.2) is 21.9 Å². The van der Waals surface area contributed by atoms with Crippen LogP contribution in [0.2, 0.25) is 0 Å². The Morgan fingerprint density at radius 3 is 2.64 bits per heavy atom. The van der Waals surface area contributed by atoms with Gasteiger partial charge < -0.3 is 19.2 Å².